The molecule has 2 amide bonds. The van der Waals surface area contributed by atoms with Crippen LogP contribution >= 0.6 is 11.6 Å². The number of halogens is 1. The predicted octanol–water partition coefficient (Wildman–Crippen LogP) is 2.90. The molecule has 7 nitrogen and oxygen atoms in total. The average molecular weight is 376 g/mol. The molecule has 0 bridgehead atoms. The van der Waals surface area contributed by atoms with E-state index in [9.17, 15) is 9.59 Å². The first-order valence-electron chi connectivity index (χ1n) is 8.01. The number of hydrogen-bond acceptors (Lipinski definition) is 5. The Hall–Kier alpha value is -2.80. The molecular weight excluding hydrogens is 358 g/mol. The Labute approximate surface area is 155 Å². The second-order valence-corrected chi connectivity index (χ2v) is 6.23. The summed E-state index contributed by atoms with van der Waals surface area (Å²) in [6, 6.07) is 6.36. The summed E-state index contributed by atoms with van der Waals surface area (Å²) in [4.78, 5) is 28.7. The van der Waals surface area contributed by atoms with Crippen LogP contribution in [0.1, 0.15) is 33.7 Å². The van der Waals surface area contributed by atoms with Crippen LogP contribution in [0.25, 0.3) is 0 Å². The van der Waals surface area contributed by atoms with E-state index >= 15 is 0 Å². The SMILES string of the molecule is COc1cc(NC(=O)c2cc(C(=O)NC3CC3)ccn2)c(OC)cc1Cl. The molecule has 0 unspecified atom stereocenters. The van der Waals surface area contributed by atoms with E-state index in [4.69, 9.17) is 21.1 Å². The lowest BCUT2D eigenvalue weighted by Crippen LogP contribution is -2.26. The van der Waals surface area contributed by atoms with E-state index in [-0.39, 0.29) is 17.6 Å². The number of pyridine rings is 1. The van der Waals surface area contributed by atoms with Gasteiger partial charge in [-0.25, -0.2) is 0 Å². The molecule has 0 saturated heterocycles. The lowest BCUT2D eigenvalue weighted by atomic mass is 10.2. The summed E-state index contributed by atoms with van der Waals surface area (Å²) in [7, 11) is 2.94. The molecule has 1 aromatic carbocycles. The minimum Gasteiger partial charge on any atom is -0.495 e. The van der Waals surface area contributed by atoms with Crippen LogP contribution in [0.15, 0.2) is 30.5 Å². The first kappa shape index (κ1) is 18.0. The van der Waals surface area contributed by atoms with Gasteiger partial charge in [0.25, 0.3) is 11.8 Å². The third-order valence-corrected chi connectivity index (χ3v) is 4.18. The Morgan fingerprint density at radius 2 is 1.85 bits per heavy atom. The summed E-state index contributed by atoms with van der Waals surface area (Å²) in [6.45, 7) is 0. The number of methoxy groups -OCH3 is 2. The number of nitrogens with one attached hydrogen (secondary N) is 2. The van der Waals surface area contributed by atoms with Crippen molar-refractivity contribution in [1.82, 2.24) is 10.3 Å². The van der Waals surface area contributed by atoms with Gasteiger partial charge in [0.2, 0.25) is 0 Å². The summed E-state index contributed by atoms with van der Waals surface area (Å²) in [5, 5.41) is 5.94. The van der Waals surface area contributed by atoms with Crippen molar-refractivity contribution < 1.29 is 19.1 Å². The van der Waals surface area contributed by atoms with E-state index in [0.717, 1.165) is 12.8 Å². The molecule has 2 N–H and O–H groups in total. The van der Waals surface area contributed by atoms with E-state index in [1.165, 1.54) is 26.5 Å². The normalized spacial score (nSPS) is 13.0. The van der Waals surface area contributed by atoms with Gasteiger partial charge in [0.15, 0.2) is 0 Å². The fourth-order valence-corrected chi connectivity index (χ4v) is 2.57. The number of rotatable bonds is 6. The molecule has 2 aromatic rings. The molecule has 0 aliphatic heterocycles. The molecule has 1 heterocycles. The molecule has 1 saturated carbocycles. The second-order valence-electron chi connectivity index (χ2n) is 5.82. The Balaban J connectivity index is 1.80. The van der Waals surface area contributed by atoms with Gasteiger partial charge in [-0.05, 0) is 25.0 Å². The highest BCUT2D eigenvalue weighted by atomic mass is 35.5. The number of aromatic nitrogens is 1. The molecule has 1 fully saturated rings. The molecule has 1 aliphatic carbocycles. The van der Waals surface area contributed by atoms with Gasteiger partial charge in [0.05, 0.1) is 24.9 Å². The van der Waals surface area contributed by atoms with Gasteiger partial charge in [0, 0.05) is 29.9 Å². The molecule has 136 valence electrons. The molecule has 0 radical (unpaired) electrons. The summed E-state index contributed by atoms with van der Waals surface area (Å²) in [5.41, 5.74) is 0.885. The number of benzene rings is 1. The van der Waals surface area contributed by atoms with Crippen molar-refractivity contribution in [2.45, 2.75) is 18.9 Å². The Morgan fingerprint density at radius 1 is 1.12 bits per heavy atom. The molecule has 0 atom stereocenters. The number of amides is 2. The van der Waals surface area contributed by atoms with E-state index in [1.54, 1.807) is 18.2 Å². The zero-order valence-electron chi connectivity index (χ0n) is 14.3. The van der Waals surface area contributed by atoms with Crippen LogP contribution in [-0.2, 0) is 0 Å². The summed E-state index contributed by atoms with van der Waals surface area (Å²) < 4.78 is 10.4. The standard InChI is InChI=1S/C18H18ClN3O4/c1-25-15-9-13(16(26-2)8-12(15)19)22-18(24)14-7-10(5-6-20-14)17(23)21-11-3-4-11/h5-9,11H,3-4H2,1-2H3,(H,21,23)(H,22,24). The van der Waals surface area contributed by atoms with Crippen molar-refractivity contribution in [3.8, 4) is 11.5 Å². The van der Waals surface area contributed by atoms with E-state index in [1.807, 2.05) is 0 Å². The Bertz CT molecular complexity index is 852. The maximum atomic E-state index is 12.5. The second kappa shape index (κ2) is 7.61. The Morgan fingerprint density at radius 3 is 2.50 bits per heavy atom. The molecule has 0 spiro atoms. The molecule has 8 heteroatoms. The third kappa shape index (κ3) is 4.05. The average Bonchev–Trinajstić information content (AvgIpc) is 3.46. The highest BCUT2D eigenvalue weighted by Gasteiger charge is 2.24. The van der Waals surface area contributed by atoms with Crippen LogP contribution in [0.4, 0.5) is 5.69 Å². The highest BCUT2D eigenvalue weighted by molar-refractivity contribution is 6.32. The number of carbonyl (C=O) groups is 2. The number of carbonyl (C=O) groups excluding carboxylic acids is 2. The highest BCUT2D eigenvalue weighted by Crippen LogP contribution is 2.36. The van der Waals surface area contributed by atoms with Gasteiger partial charge in [-0.1, -0.05) is 11.6 Å². The lowest BCUT2D eigenvalue weighted by Gasteiger charge is -2.13. The smallest absolute Gasteiger partial charge is 0.274 e. The number of nitrogens with zero attached hydrogens (tertiary/aromatic N) is 1. The van der Waals surface area contributed by atoms with Gasteiger partial charge >= 0.3 is 0 Å². The van der Waals surface area contributed by atoms with Crippen LogP contribution in [0.3, 0.4) is 0 Å². The number of ether oxygens (including phenoxy) is 2. The molecular formula is C18H18ClN3O4. The number of hydrogen-bond donors (Lipinski definition) is 2. The first-order chi connectivity index (χ1) is 12.5. The molecule has 26 heavy (non-hydrogen) atoms. The largest absolute Gasteiger partial charge is 0.495 e. The zero-order valence-corrected chi connectivity index (χ0v) is 15.1. The van der Waals surface area contributed by atoms with Gasteiger partial charge in [-0.2, -0.15) is 0 Å². The predicted molar refractivity (Wildman–Crippen MR) is 97.2 cm³/mol. The van der Waals surface area contributed by atoms with Gasteiger partial charge in [-0.15, -0.1) is 0 Å². The molecule has 1 aliphatic rings. The molecule has 3 rings (SSSR count). The fourth-order valence-electron chi connectivity index (χ4n) is 2.34. The van der Waals surface area contributed by atoms with E-state index in [2.05, 4.69) is 15.6 Å². The molecule has 1 aromatic heterocycles. The van der Waals surface area contributed by atoms with E-state index < -0.39 is 5.91 Å². The quantitative estimate of drug-likeness (QED) is 0.810. The monoisotopic (exact) mass is 375 g/mol. The fraction of sp³-hybridized carbons (Fsp3) is 0.278. The summed E-state index contributed by atoms with van der Waals surface area (Å²) in [6.07, 6.45) is 3.40. The van der Waals surface area contributed by atoms with Gasteiger partial charge < -0.3 is 20.1 Å². The van der Waals surface area contributed by atoms with Crippen molar-refractivity contribution in [3.05, 3.63) is 46.7 Å². The maximum Gasteiger partial charge on any atom is 0.274 e. The summed E-state index contributed by atoms with van der Waals surface area (Å²) >= 11 is 6.06. The van der Waals surface area contributed by atoms with Crippen molar-refractivity contribution in [3.63, 3.8) is 0 Å². The van der Waals surface area contributed by atoms with Gasteiger partial charge in [-0.3, -0.25) is 14.6 Å². The minimum absolute atomic E-state index is 0.115. The van der Waals surface area contributed by atoms with Crippen molar-refractivity contribution in [1.29, 1.82) is 0 Å². The van der Waals surface area contributed by atoms with Crippen LogP contribution in [0.2, 0.25) is 5.02 Å². The topological polar surface area (TPSA) is 89.5 Å². The van der Waals surface area contributed by atoms with Crippen molar-refractivity contribution in [2.24, 2.45) is 0 Å². The first-order valence-corrected chi connectivity index (χ1v) is 8.39. The third-order valence-electron chi connectivity index (χ3n) is 3.89. The van der Waals surface area contributed by atoms with Crippen LogP contribution < -0.4 is 20.1 Å². The maximum absolute atomic E-state index is 12.5. The van der Waals surface area contributed by atoms with Crippen LogP contribution in [0, 0.1) is 0 Å². The Kier molecular flexibility index (Phi) is 5.27. The minimum atomic E-state index is -0.478. The van der Waals surface area contributed by atoms with Crippen LogP contribution in [0.5, 0.6) is 11.5 Å². The van der Waals surface area contributed by atoms with Crippen molar-refractivity contribution >= 4 is 29.1 Å². The van der Waals surface area contributed by atoms with Gasteiger partial charge in [0.1, 0.15) is 17.2 Å². The zero-order chi connectivity index (χ0) is 18.7. The van der Waals surface area contributed by atoms with Crippen LogP contribution in [-0.4, -0.2) is 37.1 Å². The number of anilines is 1. The summed E-state index contributed by atoms with van der Waals surface area (Å²) in [5.74, 6) is 0.0866. The van der Waals surface area contributed by atoms with Crippen molar-refractivity contribution in [2.75, 3.05) is 19.5 Å². The van der Waals surface area contributed by atoms with E-state index in [0.29, 0.717) is 27.8 Å². The lowest BCUT2D eigenvalue weighted by molar-refractivity contribution is 0.0951.